The lowest BCUT2D eigenvalue weighted by Crippen LogP contribution is -2.37. The van der Waals surface area contributed by atoms with E-state index in [0.29, 0.717) is 11.0 Å². The molecule has 3 aromatic rings. The summed E-state index contributed by atoms with van der Waals surface area (Å²) >= 11 is 0. The molecule has 2 unspecified atom stereocenters. The van der Waals surface area contributed by atoms with E-state index >= 15 is 0 Å². The second-order valence-corrected chi connectivity index (χ2v) is 6.77. The van der Waals surface area contributed by atoms with Crippen LogP contribution in [0, 0.1) is 0 Å². The Morgan fingerprint density at radius 1 is 1.21 bits per heavy atom. The summed E-state index contributed by atoms with van der Waals surface area (Å²) in [7, 11) is 1.70. The quantitative estimate of drug-likeness (QED) is 0.603. The summed E-state index contributed by atoms with van der Waals surface area (Å²) in [5, 5.41) is 7.20. The lowest BCUT2D eigenvalue weighted by atomic mass is 10.1. The van der Waals surface area contributed by atoms with Crippen LogP contribution in [0.15, 0.2) is 47.7 Å². The summed E-state index contributed by atoms with van der Waals surface area (Å²) in [6, 6.07) is 9.29. The van der Waals surface area contributed by atoms with Gasteiger partial charge in [-0.15, -0.1) is 0 Å². The van der Waals surface area contributed by atoms with E-state index in [4.69, 9.17) is 4.74 Å². The topological polar surface area (TPSA) is 108 Å². The average Bonchev–Trinajstić information content (AvgIpc) is 3.09. The molecular formula is C20H23N5O4. The number of nitrogens with one attached hydrogen (secondary N) is 1. The van der Waals surface area contributed by atoms with E-state index in [1.807, 2.05) is 37.3 Å². The molecule has 0 saturated carbocycles. The van der Waals surface area contributed by atoms with Gasteiger partial charge in [0.2, 0.25) is 0 Å². The highest BCUT2D eigenvalue weighted by atomic mass is 16.5. The number of aryl methyl sites for hydroxylation is 2. The van der Waals surface area contributed by atoms with Crippen molar-refractivity contribution in [2.45, 2.75) is 39.0 Å². The molecule has 29 heavy (non-hydrogen) atoms. The van der Waals surface area contributed by atoms with Crippen LogP contribution in [0.3, 0.4) is 0 Å². The number of esters is 1. The third-order valence-corrected chi connectivity index (χ3v) is 4.61. The summed E-state index contributed by atoms with van der Waals surface area (Å²) in [6.45, 7) is 3.47. The van der Waals surface area contributed by atoms with Crippen LogP contribution in [0.2, 0.25) is 0 Å². The van der Waals surface area contributed by atoms with E-state index in [-0.39, 0.29) is 30.5 Å². The first-order chi connectivity index (χ1) is 13.9. The van der Waals surface area contributed by atoms with Crippen molar-refractivity contribution in [2.75, 3.05) is 0 Å². The smallest absolute Gasteiger partial charge is 0.308 e. The van der Waals surface area contributed by atoms with Crippen molar-refractivity contribution in [3.63, 3.8) is 0 Å². The minimum absolute atomic E-state index is 0.0563. The number of carbonyl (C=O) groups excluding carboxylic acids is 2. The molecule has 0 fully saturated rings. The lowest BCUT2D eigenvalue weighted by Gasteiger charge is -2.18. The molecule has 1 N–H and O–H groups in total. The van der Waals surface area contributed by atoms with E-state index in [9.17, 15) is 14.4 Å². The molecule has 0 spiro atoms. The van der Waals surface area contributed by atoms with Gasteiger partial charge in [0.25, 0.3) is 11.5 Å². The fraction of sp³-hybridized carbons (Fsp3) is 0.350. The molecule has 2 aromatic heterocycles. The van der Waals surface area contributed by atoms with E-state index in [2.05, 4.69) is 15.4 Å². The van der Waals surface area contributed by atoms with Crippen molar-refractivity contribution in [2.24, 2.45) is 7.05 Å². The summed E-state index contributed by atoms with van der Waals surface area (Å²) in [5.74, 6) is -0.955. The molecule has 2 atom stereocenters. The van der Waals surface area contributed by atoms with Crippen molar-refractivity contribution in [3.8, 4) is 0 Å². The largest absolute Gasteiger partial charge is 0.452 e. The number of carbonyl (C=O) groups is 2. The molecule has 0 saturated heterocycles. The van der Waals surface area contributed by atoms with Gasteiger partial charge in [0, 0.05) is 13.6 Å². The minimum Gasteiger partial charge on any atom is -0.452 e. The first-order valence-electron chi connectivity index (χ1n) is 9.28. The van der Waals surface area contributed by atoms with Gasteiger partial charge in [-0.05, 0) is 19.4 Å². The Balaban J connectivity index is 1.53. The van der Waals surface area contributed by atoms with Crippen LogP contribution in [0.5, 0.6) is 0 Å². The monoisotopic (exact) mass is 397 g/mol. The number of hydrogen-bond donors (Lipinski definition) is 1. The van der Waals surface area contributed by atoms with Crippen LogP contribution in [0.25, 0.3) is 11.0 Å². The van der Waals surface area contributed by atoms with E-state index < -0.39 is 12.1 Å². The molecule has 0 radical (unpaired) electrons. The van der Waals surface area contributed by atoms with Gasteiger partial charge in [-0.2, -0.15) is 5.10 Å². The zero-order chi connectivity index (χ0) is 21.0. The van der Waals surface area contributed by atoms with Gasteiger partial charge >= 0.3 is 5.97 Å². The third kappa shape index (κ3) is 4.68. The molecule has 9 heteroatoms. The zero-order valence-corrected chi connectivity index (χ0v) is 16.5. The average molecular weight is 397 g/mol. The maximum absolute atomic E-state index is 12.4. The minimum atomic E-state index is -0.940. The van der Waals surface area contributed by atoms with Crippen molar-refractivity contribution in [1.29, 1.82) is 0 Å². The Kier molecular flexibility index (Phi) is 6.06. The van der Waals surface area contributed by atoms with E-state index in [0.717, 1.165) is 5.56 Å². The Hall–Kier alpha value is -3.49. The zero-order valence-electron chi connectivity index (χ0n) is 16.5. The molecule has 0 aliphatic carbocycles. The Morgan fingerprint density at radius 2 is 1.93 bits per heavy atom. The molecule has 1 amide bonds. The summed E-state index contributed by atoms with van der Waals surface area (Å²) in [6.07, 6.45) is 1.82. The van der Waals surface area contributed by atoms with Gasteiger partial charge in [0.1, 0.15) is 5.39 Å². The van der Waals surface area contributed by atoms with Gasteiger partial charge in [-0.1, -0.05) is 30.3 Å². The number of rotatable bonds is 7. The number of ether oxygens (including phenoxy) is 1. The summed E-state index contributed by atoms with van der Waals surface area (Å²) in [5.41, 5.74) is 1.15. The van der Waals surface area contributed by atoms with Crippen molar-refractivity contribution in [3.05, 3.63) is 58.8 Å². The van der Waals surface area contributed by atoms with Gasteiger partial charge in [-0.25, -0.2) is 4.98 Å². The standard InChI is InChI=1S/C20H23N5O4/c1-13(15-7-5-4-6-8-15)23-19(27)14(2)29-17(26)9-10-25-12-21-18-16(20(25)28)11-22-24(18)3/h4-8,11-14H,9-10H2,1-3H3,(H,23,27). The highest BCUT2D eigenvalue weighted by molar-refractivity contribution is 5.83. The molecule has 0 bridgehead atoms. The Bertz CT molecular complexity index is 1070. The first kappa shape index (κ1) is 20.2. The molecule has 0 aliphatic heterocycles. The Morgan fingerprint density at radius 3 is 2.66 bits per heavy atom. The highest BCUT2D eigenvalue weighted by Crippen LogP contribution is 2.11. The van der Waals surface area contributed by atoms with Gasteiger partial charge in [0.15, 0.2) is 11.8 Å². The molecule has 3 rings (SSSR count). The maximum Gasteiger partial charge on any atom is 0.308 e. The van der Waals surface area contributed by atoms with Gasteiger partial charge in [0.05, 0.1) is 25.0 Å². The summed E-state index contributed by atoms with van der Waals surface area (Å²) < 4.78 is 8.03. The van der Waals surface area contributed by atoms with Crippen LogP contribution in [0.1, 0.15) is 31.9 Å². The van der Waals surface area contributed by atoms with Crippen molar-refractivity contribution >= 4 is 22.9 Å². The third-order valence-electron chi connectivity index (χ3n) is 4.61. The van der Waals surface area contributed by atoms with Crippen LogP contribution in [-0.2, 0) is 27.9 Å². The van der Waals surface area contributed by atoms with Crippen LogP contribution < -0.4 is 10.9 Å². The normalized spacial score (nSPS) is 13.1. The lowest BCUT2D eigenvalue weighted by molar-refractivity contribution is -0.155. The summed E-state index contributed by atoms with van der Waals surface area (Å²) in [4.78, 5) is 41.0. The fourth-order valence-corrected chi connectivity index (χ4v) is 2.90. The predicted octanol–water partition coefficient (Wildman–Crippen LogP) is 1.33. The van der Waals surface area contributed by atoms with Crippen LogP contribution in [-0.4, -0.2) is 37.3 Å². The number of nitrogens with zero attached hydrogens (tertiary/aromatic N) is 4. The molecular weight excluding hydrogens is 374 g/mol. The number of aromatic nitrogens is 4. The first-order valence-corrected chi connectivity index (χ1v) is 9.28. The molecule has 152 valence electrons. The molecule has 9 nitrogen and oxygen atoms in total. The second-order valence-electron chi connectivity index (χ2n) is 6.77. The van der Waals surface area contributed by atoms with Gasteiger partial charge in [-0.3, -0.25) is 23.6 Å². The van der Waals surface area contributed by atoms with Crippen molar-refractivity contribution in [1.82, 2.24) is 24.6 Å². The fourth-order valence-electron chi connectivity index (χ4n) is 2.90. The van der Waals surface area contributed by atoms with Gasteiger partial charge < -0.3 is 10.1 Å². The number of hydrogen-bond acceptors (Lipinski definition) is 6. The molecule has 0 aliphatic rings. The number of benzene rings is 1. The van der Waals surface area contributed by atoms with E-state index in [1.165, 1.54) is 28.7 Å². The SMILES string of the molecule is CC(OC(=O)CCn1cnc2c(cnn2C)c1=O)C(=O)NC(C)c1ccccc1. The number of fused-ring (bicyclic) bond motifs is 1. The van der Waals surface area contributed by atoms with Crippen molar-refractivity contribution < 1.29 is 14.3 Å². The number of amides is 1. The highest BCUT2D eigenvalue weighted by Gasteiger charge is 2.20. The predicted molar refractivity (Wildman–Crippen MR) is 106 cm³/mol. The Labute approximate surface area is 167 Å². The second kappa shape index (κ2) is 8.68. The van der Waals surface area contributed by atoms with E-state index in [1.54, 1.807) is 7.05 Å². The maximum atomic E-state index is 12.4. The molecule has 1 aromatic carbocycles. The van der Waals surface area contributed by atoms with Crippen LogP contribution >= 0.6 is 0 Å². The molecule has 2 heterocycles. The van der Waals surface area contributed by atoms with Crippen LogP contribution in [0.4, 0.5) is 0 Å².